The average molecular weight is 382 g/mol. The first-order valence-corrected chi connectivity index (χ1v) is 10.5. The highest BCUT2D eigenvalue weighted by Gasteiger charge is 2.28. The summed E-state index contributed by atoms with van der Waals surface area (Å²) >= 11 is 0. The Balaban J connectivity index is 1.58. The summed E-state index contributed by atoms with van der Waals surface area (Å²) in [6.45, 7) is 10.5. The molecule has 3 rings (SSSR count). The largest absolute Gasteiger partial charge is 0.496 e. The van der Waals surface area contributed by atoms with Gasteiger partial charge in [0.1, 0.15) is 5.75 Å². The summed E-state index contributed by atoms with van der Waals surface area (Å²) in [5.74, 6) is 1.66. The molecule has 2 aromatic carbocycles. The van der Waals surface area contributed by atoms with Gasteiger partial charge in [-0.25, -0.2) is 0 Å². The second-order valence-corrected chi connectivity index (χ2v) is 8.54. The first kappa shape index (κ1) is 20.9. The minimum Gasteiger partial charge on any atom is -0.496 e. The van der Waals surface area contributed by atoms with Crippen LogP contribution in [-0.4, -0.2) is 36.2 Å². The number of aryl methyl sites for hydroxylation is 3. The maximum absolute atomic E-state index is 11.0. The van der Waals surface area contributed by atoms with Crippen LogP contribution in [0.3, 0.4) is 0 Å². The Hall–Kier alpha value is -1.84. The minimum atomic E-state index is -0.475. The van der Waals surface area contributed by atoms with Crippen LogP contribution in [0, 0.1) is 26.7 Å². The van der Waals surface area contributed by atoms with Gasteiger partial charge in [0.15, 0.2) is 0 Å². The van der Waals surface area contributed by atoms with Crippen molar-refractivity contribution in [2.24, 2.45) is 5.92 Å². The number of hydrogen-bond acceptors (Lipinski definition) is 3. The van der Waals surface area contributed by atoms with Gasteiger partial charge >= 0.3 is 0 Å². The molecule has 0 bridgehead atoms. The summed E-state index contributed by atoms with van der Waals surface area (Å²) in [6.07, 6.45) is 3.09. The molecule has 0 amide bonds. The van der Waals surface area contributed by atoms with E-state index in [1.165, 1.54) is 30.4 Å². The van der Waals surface area contributed by atoms with Crippen molar-refractivity contribution in [2.75, 3.05) is 20.2 Å². The molecule has 0 aromatic heterocycles. The molecule has 3 heteroatoms. The van der Waals surface area contributed by atoms with Crippen molar-refractivity contribution in [1.82, 2.24) is 4.90 Å². The van der Waals surface area contributed by atoms with E-state index in [0.29, 0.717) is 0 Å². The van der Waals surface area contributed by atoms with Gasteiger partial charge in [-0.1, -0.05) is 29.8 Å². The number of ether oxygens (including phenoxy) is 1. The van der Waals surface area contributed by atoms with E-state index in [1.807, 2.05) is 13.8 Å². The SMILES string of the molecule is COc1c(C)cc(C(O)C(C)N2CCC(Cc3ccc(C)cc3)CC2)cc1C. The maximum Gasteiger partial charge on any atom is 0.124 e. The van der Waals surface area contributed by atoms with E-state index in [1.54, 1.807) is 7.11 Å². The third-order valence-electron chi connectivity index (χ3n) is 6.36. The molecule has 3 nitrogen and oxygen atoms in total. The molecule has 1 aliphatic rings. The molecule has 2 atom stereocenters. The monoisotopic (exact) mass is 381 g/mol. The number of aliphatic hydroxyl groups excluding tert-OH is 1. The van der Waals surface area contributed by atoms with Crippen molar-refractivity contribution in [1.29, 1.82) is 0 Å². The normalized spacial score (nSPS) is 18.1. The highest BCUT2D eigenvalue weighted by atomic mass is 16.5. The summed E-state index contributed by atoms with van der Waals surface area (Å²) < 4.78 is 5.46. The van der Waals surface area contributed by atoms with Gasteiger partial charge < -0.3 is 9.84 Å². The van der Waals surface area contributed by atoms with Gasteiger partial charge in [-0.15, -0.1) is 0 Å². The zero-order valence-corrected chi connectivity index (χ0v) is 18.0. The van der Waals surface area contributed by atoms with Crippen LogP contribution in [0.15, 0.2) is 36.4 Å². The number of rotatable bonds is 6. The first-order chi connectivity index (χ1) is 13.4. The number of nitrogens with zero attached hydrogens (tertiary/aromatic N) is 1. The van der Waals surface area contributed by atoms with E-state index in [2.05, 4.69) is 55.1 Å². The van der Waals surface area contributed by atoms with Crippen LogP contribution in [0.1, 0.15) is 53.7 Å². The Labute approximate surface area is 170 Å². The smallest absolute Gasteiger partial charge is 0.124 e. The fraction of sp³-hybridized carbons (Fsp3) is 0.520. The van der Waals surface area contributed by atoms with Gasteiger partial charge in [-0.3, -0.25) is 4.90 Å². The minimum absolute atomic E-state index is 0.118. The van der Waals surface area contributed by atoms with Crippen molar-refractivity contribution in [2.45, 2.75) is 59.1 Å². The van der Waals surface area contributed by atoms with Crippen molar-refractivity contribution >= 4 is 0 Å². The van der Waals surface area contributed by atoms with Crippen molar-refractivity contribution in [3.63, 3.8) is 0 Å². The standard InChI is InChI=1S/C25H35NO2/c1-17-6-8-21(9-7-17)16-22-10-12-26(13-11-22)20(4)24(27)23-14-18(2)25(28-5)19(3)15-23/h6-9,14-15,20,22,24,27H,10-13,16H2,1-5H3. The van der Waals surface area contributed by atoms with Crippen LogP contribution >= 0.6 is 0 Å². The van der Waals surface area contributed by atoms with Crippen LogP contribution in [0.5, 0.6) is 5.75 Å². The summed E-state index contributed by atoms with van der Waals surface area (Å²) in [7, 11) is 1.70. The molecule has 1 saturated heterocycles. The molecule has 1 aliphatic heterocycles. The number of benzene rings is 2. The number of aliphatic hydroxyl groups is 1. The summed E-state index contributed by atoms with van der Waals surface area (Å²) in [6, 6.07) is 13.2. The van der Waals surface area contributed by atoms with E-state index in [9.17, 15) is 5.11 Å². The predicted molar refractivity (Wildman–Crippen MR) is 116 cm³/mol. The third-order valence-corrected chi connectivity index (χ3v) is 6.36. The zero-order valence-electron chi connectivity index (χ0n) is 18.0. The number of piperidine rings is 1. The predicted octanol–water partition coefficient (Wildman–Crippen LogP) is 5.00. The van der Waals surface area contributed by atoms with E-state index < -0.39 is 6.10 Å². The lowest BCUT2D eigenvalue weighted by Crippen LogP contribution is -2.43. The molecule has 0 spiro atoms. The van der Waals surface area contributed by atoms with E-state index in [4.69, 9.17) is 4.74 Å². The lowest BCUT2D eigenvalue weighted by atomic mass is 9.88. The molecule has 1 N–H and O–H groups in total. The van der Waals surface area contributed by atoms with Crippen molar-refractivity contribution < 1.29 is 9.84 Å². The quantitative estimate of drug-likeness (QED) is 0.764. The Bertz CT molecular complexity index is 753. The van der Waals surface area contributed by atoms with E-state index in [-0.39, 0.29) is 6.04 Å². The van der Waals surface area contributed by atoms with Gasteiger partial charge in [0.05, 0.1) is 13.2 Å². The van der Waals surface area contributed by atoms with Gasteiger partial charge in [0.2, 0.25) is 0 Å². The van der Waals surface area contributed by atoms with Crippen molar-refractivity contribution in [3.05, 3.63) is 64.2 Å². The maximum atomic E-state index is 11.0. The Morgan fingerprint density at radius 2 is 1.61 bits per heavy atom. The van der Waals surface area contributed by atoms with Gasteiger partial charge in [-0.2, -0.15) is 0 Å². The van der Waals surface area contributed by atoms with Crippen LogP contribution in [-0.2, 0) is 6.42 Å². The first-order valence-electron chi connectivity index (χ1n) is 10.5. The molecular weight excluding hydrogens is 346 g/mol. The van der Waals surface area contributed by atoms with E-state index >= 15 is 0 Å². The Morgan fingerprint density at radius 3 is 2.14 bits per heavy atom. The molecular formula is C25H35NO2. The highest BCUT2D eigenvalue weighted by molar-refractivity contribution is 5.44. The molecule has 2 unspecified atom stereocenters. The lowest BCUT2D eigenvalue weighted by molar-refractivity contribution is 0.0372. The molecule has 1 fully saturated rings. The average Bonchev–Trinajstić information content (AvgIpc) is 2.69. The second-order valence-electron chi connectivity index (χ2n) is 8.54. The third kappa shape index (κ3) is 4.76. The number of methoxy groups -OCH3 is 1. The van der Waals surface area contributed by atoms with Crippen LogP contribution in [0.4, 0.5) is 0 Å². The summed E-state index contributed by atoms with van der Waals surface area (Å²) in [5, 5.41) is 11.0. The summed E-state index contributed by atoms with van der Waals surface area (Å²) in [4.78, 5) is 2.45. The van der Waals surface area contributed by atoms with Gasteiger partial charge in [0.25, 0.3) is 0 Å². The molecule has 0 aliphatic carbocycles. The fourth-order valence-corrected chi connectivity index (χ4v) is 4.58. The second kappa shape index (κ2) is 9.11. The Kier molecular flexibility index (Phi) is 6.79. The molecule has 0 radical (unpaired) electrons. The summed E-state index contributed by atoms with van der Waals surface area (Å²) in [5.41, 5.74) is 5.93. The van der Waals surface area contributed by atoms with Crippen LogP contribution < -0.4 is 4.74 Å². The van der Waals surface area contributed by atoms with Gasteiger partial charge in [-0.05, 0) is 100 Å². The fourth-order valence-electron chi connectivity index (χ4n) is 4.58. The topological polar surface area (TPSA) is 32.7 Å². The Morgan fingerprint density at radius 1 is 1.04 bits per heavy atom. The molecule has 28 heavy (non-hydrogen) atoms. The number of likely N-dealkylation sites (tertiary alicyclic amines) is 1. The zero-order chi connectivity index (χ0) is 20.3. The molecule has 152 valence electrons. The van der Waals surface area contributed by atoms with E-state index in [0.717, 1.165) is 41.4 Å². The molecule has 0 saturated carbocycles. The van der Waals surface area contributed by atoms with Crippen LogP contribution in [0.25, 0.3) is 0 Å². The molecule has 2 aromatic rings. The lowest BCUT2D eigenvalue weighted by Gasteiger charge is -2.38. The highest BCUT2D eigenvalue weighted by Crippen LogP contribution is 2.31. The van der Waals surface area contributed by atoms with Crippen molar-refractivity contribution in [3.8, 4) is 5.75 Å². The molecule has 1 heterocycles. The van der Waals surface area contributed by atoms with Gasteiger partial charge in [0, 0.05) is 6.04 Å². The number of hydrogen-bond donors (Lipinski definition) is 1. The van der Waals surface area contributed by atoms with Crippen LogP contribution in [0.2, 0.25) is 0 Å².